The Bertz CT molecular complexity index is 602. The van der Waals surface area contributed by atoms with Gasteiger partial charge in [-0.15, -0.1) is 0 Å². The van der Waals surface area contributed by atoms with E-state index >= 15 is 0 Å². The fourth-order valence-corrected chi connectivity index (χ4v) is 2.22. The summed E-state index contributed by atoms with van der Waals surface area (Å²) in [5, 5.41) is 3.84. The summed E-state index contributed by atoms with van der Waals surface area (Å²) in [6, 6.07) is 5.79. The standard InChI is InChI=1S/C15H17ClN2O2/c1-10-6-12(9-17-7-10)18-8-11-4-5-13(19-2)15(20-3)14(11)16/h4-7,9,18H,8H2,1-3H3. The number of anilines is 1. The molecule has 0 spiro atoms. The van der Waals surface area contributed by atoms with Gasteiger partial charge in [-0.1, -0.05) is 17.7 Å². The van der Waals surface area contributed by atoms with Gasteiger partial charge in [0.25, 0.3) is 0 Å². The van der Waals surface area contributed by atoms with Crippen molar-refractivity contribution in [2.24, 2.45) is 0 Å². The minimum atomic E-state index is 0.552. The number of aryl methyl sites for hydroxylation is 1. The van der Waals surface area contributed by atoms with Crippen LogP contribution in [-0.4, -0.2) is 19.2 Å². The van der Waals surface area contributed by atoms with Gasteiger partial charge in [0, 0.05) is 18.9 Å². The largest absolute Gasteiger partial charge is 0.493 e. The first-order valence-electron chi connectivity index (χ1n) is 6.20. The molecule has 2 rings (SSSR count). The van der Waals surface area contributed by atoms with Crippen LogP contribution in [0.25, 0.3) is 0 Å². The molecule has 0 fully saturated rings. The van der Waals surface area contributed by atoms with Gasteiger partial charge in [0.1, 0.15) is 0 Å². The highest BCUT2D eigenvalue weighted by atomic mass is 35.5. The lowest BCUT2D eigenvalue weighted by atomic mass is 10.2. The van der Waals surface area contributed by atoms with Crippen LogP contribution in [0.5, 0.6) is 11.5 Å². The molecule has 0 amide bonds. The monoisotopic (exact) mass is 292 g/mol. The minimum Gasteiger partial charge on any atom is -0.493 e. The van der Waals surface area contributed by atoms with E-state index in [2.05, 4.69) is 10.3 Å². The fourth-order valence-electron chi connectivity index (χ4n) is 1.92. The number of rotatable bonds is 5. The molecule has 1 aromatic heterocycles. The highest BCUT2D eigenvalue weighted by molar-refractivity contribution is 6.33. The average molecular weight is 293 g/mol. The lowest BCUT2D eigenvalue weighted by molar-refractivity contribution is 0.355. The van der Waals surface area contributed by atoms with Gasteiger partial charge in [-0.3, -0.25) is 4.98 Å². The molecule has 0 aliphatic carbocycles. The van der Waals surface area contributed by atoms with Crippen molar-refractivity contribution in [3.05, 3.63) is 46.7 Å². The molecule has 0 saturated carbocycles. The Morgan fingerprint density at radius 1 is 1.20 bits per heavy atom. The minimum absolute atomic E-state index is 0.552. The molecular weight excluding hydrogens is 276 g/mol. The molecule has 1 heterocycles. The number of halogens is 1. The Labute approximate surface area is 123 Å². The predicted octanol–water partition coefficient (Wildman–Crippen LogP) is 3.67. The van der Waals surface area contributed by atoms with Gasteiger partial charge in [0.2, 0.25) is 0 Å². The van der Waals surface area contributed by atoms with Gasteiger partial charge < -0.3 is 14.8 Å². The summed E-state index contributed by atoms with van der Waals surface area (Å²) in [7, 11) is 3.16. The van der Waals surface area contributed by atoms with Crippen molar-refractivity contribution < 1.29 is 9.47 Å². The third-order valence-electron chi connectivity index (χ3n) is 2.92. The van der Waals surface area contributed by atoms with Crippen LogP contribution in [0.4, 0.5) is 5.69 Å². The third kappa shape index (κ3) is 3.14. The van der Waals surface area contributed by atoms with Crippen LogP contribution >= 0.6 is 11.6 Å². The maximum Gasteiger partial charge on any atom is 0.179 e. The average Bonchev–Trinajstić information content (AvgIpc) is 2.45. The van der Waals surface area contributed by atoms with Crippen molar-refractivity contribution in [2.45, 2.75) is 13.5 Å². The molecule has 2 aromatic rings. The van der Waals surface area contributed by atoms with E-state index in [1.165, 1.54) is 0 Å². The summed E-state index contributed by atoms with van der Waals surface area (Å²) in [6.07, 6.45) is 3.59. The number of ether oxygens (including phenoxy) is 2. The lowest BCUT2D eigenvalue weighted by Crippen LogP contribution is -2.02. The molecule has 0 unspecified atom stereocenters. The van der Waals surface area contributed by atoms with Gasteiger partial charge in [0.15, 0.2) is 11.5 Å². The second-order valence-corrected chi connectivity index (χ2v) is 4.76. The molecule has 0 radical (unpaired) electrons. The first-order valence-corrected chi connectivity index (χ1v) is 6.58. The highest BCUT2D eigenvalue weighted by Crippen LogP contribution is 2.37. The van der Waals surface area contributed by atoms with Gasteiger partial charge in [-0.2, -0.15) is 0 Å². The van der Waals surface area contributed by atoms with E-state index in [-0.39, 0.29) is 0 Å². The van der Waals surface area contributed by atoms with E-state index in [0.29, 0.717) is 23.1 Å². The van der Waals surface area contributed by atoms with Crippen LogP contribution in [0.2, 0.25) is 5.02 Å². The number of nitrogens with zero attached hydrogens (tertiary/aromatic N) is 1. The van der Waals surface area contributed by atoms with Crippen LogP contribution in [0, 0.1) is 6.92 Å². The Balaban J connectivity index is 2.18. The van der Waals surface area contributed by atoms with Crippen LogP contribution in [-0.2, 0) is 6.54 Å². The normalized spacial score (nSPS) is 10.2. The van der Waals surface area contributed by atoms with Crippen molar-refractivity contribution in [1.29, 1.82) is 0 Å². The van der Waals surface area contributed by atoms with Crippen molar-refractivity contribution in [1.82, 2.24) is 4.98 Å². The predicted molar refractivity (Wildman–Crippen MR) is 80.9 cm³/mol. The van der Waals surface area contributed by atoms with E-state index < -0.39 is 0 Å². The second-order valence-electron chi connectivity index (χ2n) is 4.38. The summed E-state index contributed by atoms with van der Waals surface area (Å²) >= 11 is 6.33. The number of nitrogens with one attached hydrogen (secondary N) is 1. The van der Waals surface area contributed by atoms with E-state index in [0.717, 1.165) is 16.8 Å². The molecule has 0 atom stereocenters. The van der Waals surface area contributed by atoms with Crippen LogP contribution in [0.15, 0.2) is 30.6 Å². The van der Waals surface area contributed by atoms with Crippen LogP contribution in [0.3, 0.4) is 0 Å². The smallest absolute Gasteiger partial charge is 0.179 e. The molecule has 0 saturated heterocycles. The summed E-state index contributed by atoms with van der Waals surface area (Å²) in [4.78, 5) is 4.14. The van der Waals surface area contributed by atoms with E-state index in [1.54, 1.807) is 20.4 Å². The Hall–Kier alpha value is -1.94. The van der Waals surface area contributed by atoms with E-state index in [9.17, 15) is 0 Å². The molecule has 0 bridgehead atoms. The maximum atomic E-state index is 6.33. The van der Waals surface area contributed by atoms with Crippen molar-refractivity contribution in [3.8, 4) is 11.5 Å². The van der Waals surface area contributed by atoms with Crippen LogP contribution in [0.1, 0.15) is 11.1 Å². The van der Waals surface area contributed by atoms with E-state index in [1.807, 2.05) is 31.3 Å². The van der Waals surface area contributed by atoms with Gasteiger partial charge >= 0.3 is 0 Å². The Morgan fingerprint density at radius 3 is 2.65 bits per heavy atom. The quantitative estimate of drug-likeness (QED) is 0.913. The SMILES string of the molecule is COc1ccc(CNc2cncc(C)c2)c(Cl)c1OC. The van der Waals surface area contributed by atoms with Gasteiger partial charge in [-0.05, 0) is 30.2 Å². The molecule has 4 nitrogen and oxygen atoms in total. The summed E-state index contributed by atoms with van der Waals surface area (Å²) < 4.78 is 10.5. The van der Waals surface area contributed by atoms with Crippen LogP contribution < -0.4 is 14.8 Å². The lowest BCUT2D eigenvalue weighted by Gasteiger charge is -2.13. The molecule has 5 heteroatoms. The van der Waals surface area contributed by atoms with Crippen molar-refractivity contribution >= 4 is 17.3 Å². The topological polar surface area (TPSA) is 43.4 Å². The summed E-state index contributed by atoms with van der Waals surface area (Å²) in [6.45, 7) is 2.59. The van der Waals surface area contributed by atoms with Gasteiger partial charge in [-0.25, -0.2) is 0 Å². The number of pyridine rings is 1. The maximum absolute atomic E-state index is 6.33. The first-order chi connectivity index (χ1) is 9.65. The molecular formula is C15H17ClN2O2. The number of hydrogen-bond acceptors (Lipinski definition) is 4. The Kier molecular flexibility index (Phi) is 4.69. The molecule has 106 valence electrons. The molecule has 0 aliphatic rings. The molecule has 1 N–H and O–H groups in total. The Morgan fingerprint density at radius 2 is 2.00 bits per heavy atom. The number of benzene rings is 1. The second kappa shape index (κ2) is 6.48. The molecule has 20 heavy (non-hydrogen) atoms. The van der Waals surface area contributed by atoms with E-state index in [4.69, 9.17) is 21.1 Å². The number of hydrogen-bond donors (Lipinski definition) is 1. The summed E-state index contributed by atoms with van der Waals surface area (Å²) in [5.41, 5.74) is 3.00. The van der Waals surface area contributed by atoms with Gasteiger partial charge in [0.05, 0.1) is 24.9 Å². The number of aromatic nitrogens is 1. The third-order valence-corrected chi connectivity index (χ3v) is 3.34. The zero-order valence-electron chi connectivity index (χ0n) is 11.7. The zero-order chi connectivity index (χ0) is 14.5. The highest BCUT2D eigenvalue weighted by Gasteiger charge is 2.12. The molecule has 1 aromatic carbocycles. The van der Waals surface area contributed by atoms with Crippen molar-refractivity contribution in [3.63, 3.8) is 0 Å². The zero-order valence-corrected chi connectivity index (χ0v) is 12.5. The molecule has 0 aliphatic heterocycles. The fraction of sp³-hybridized carbons (Fsp3) is 0.267. The first kappa shape index (κ1) is 14.5. The summed E-state index contributed by atoms with van der Waals surface area (Å²) in [5.74, 6) is 1.18. The van der Waals surface area contributed by atoms with Crippen molar-refractivity contribution in [2.75, 3.05) is 19.5 Å². The number of methoxy groups -OCH3 is 2.